The maximum atomic E-state index is 12.0. The van der Waals surface area contributed by atoms with Gasteiger partial charge in [0.15, 0.2) is 0 Å². The molecule has 0 bridgehead atoms. The minimum Gasteiger partial charge on any atom is -0.435 e. The highest BCUT2D eigenvalue weighted by atomic mass is 19.3. The van der Waals surface area contributed by atoms with Gasteiger partial charge in [0.1, 0.15) is 5.75 Å². The lowest BCUT2D eigenvalue weighted by Gasteiger charge is -2.08. The summed E-state index contributed by atoms with van der Waals surface area (Å²) in [7, 11) is 0. The zero-order valence-electron chi connectivity index (χ0n) is 12.5. The first-order valence-corrected chi connectivity index (χ1v) is 7.23. The molecule has 4 nitrogen and oxygen atoms in total. The van der Waals surface area contributed by atoms with E-state index in [1.165, 1.54) is 12.1 Å². The van der Waals surface area contributed by atoms with Gasteiger partial charge >= 0.3 is 12.6 Å². The van der Waals surface area contributed by atoms with Crippen LogP contribution < -0.4 is 15.4 Å². The summed E-state index contributed by atoms with van der Waals surface area (Å²) >= 11 is 0. The fourth-order valence-electron chi connectivity index (χ4n) is 2.00. The van der Waals surface area contributed by atoms with Crippen LogP contribution in [0.1, 0.15) is 11.1 Å². The number of alkyl halides is 2. The third-order valence-electron chi connectivity index (χ3n) is 3.14. The van der Waals surface area contributed by atoms with Gasteiger partial charge in [0.05, 0.1) is 0 Å². The Kier molecular flexibility index (Phi) is 6.35. The minimum atomic E-state index is -2.82. The second-order valence-corrected chi connectivity index (χ2v) is 4.87. The molecular formula is C17H18F2N2O2. The zero-order chi connectivity index (χ0) is 16.5. The average molecular weight is 320 g/mol. The molecule has 0 atom stereocenters. The molecule has 2 rings (SSSR count). The molecule has 23 heavy (non-hydrogen) atoms. The summed E-state index contributed by atoms with van der Waals surface area (Å²) in [5, 5.41) is 5.51. The maximum Gasteiger partial charge on any atom is 0.387 e. The van der Waals surface area contributed by atoms with E-state index in [1.54, 1.807) is 12.1 Å². The Morgan fingerprint density at radius 3 is 2.30 bits per heavy atom. The quantitative estimate of drug-likeness (QED) is 0.822. The normalized spacial score (nSPS) is 10.4. The van der Waals surface area contributed by atoms with Crippen molar-refractivity contribution in [3.8, 4) is 5.75 Å². The number of ether oxygens (including phenoxy) is 1. The summed E-state index contributed by atoms with van der Waals surface area (Å²) in [6.07, 6.45) is 0.605. The van der Waals surface area contributed by atoms with Gasteiger partial charge in [-0.3, -0.25) is 0 Å². The fraction of sp³-hybridized carbons (Fsp3) is 0.235. The number of benzene rings is 2. The lowest BCUT2D eigenvalue weighted by Crippen LogP contribution is -2.36. The third-order valence-corrected chi connectivity index (χ3v) is 3.14. The molecule has 2 aromatic carbocycles. The van der Waals surface area contributed by atoms with Crippen molar-refractivity contribution < 1.29 is 18.3 Å². The minimum absolute atomic E-state index is 0.123. The van der Waals surface area contributed by atoms with Crippen LogP contribution in [0.3, 0.4) is 0 Å². The molecule has 6 heteroatoms. The van der Waals surface area contributed by atoms with Crippen molar-refractivity contribution in [2.45, 2.75) is 19.6 Å². The Morgan fingerprint density at radius 2 is 1.65 bits per heavy atom. The fourth-order valence-corrected chi connectivity index (χ4v) is 2.00. The average Bonchev–Trinajstić information content (AvgIpc) is 2.55. The Morgan fingerprint density at radius 1 is 0.957 bits per heavy atom. The largest absolute Gasteiger partial charge is 0.435 e. The van der Waals surface area contributed by atoms with E-state index < -0.39 is 6.61 Å². The number of hydrogen-bond acceptors (Lipinski definition) is 2. The number of nitrogens with one attached hydrogen (secondary N) is 2. The molecule has 0 saturated carbocycles. The molecule has 0 aliphatic rings. The van der Waals surface area contributed by atoms with Gasteiger partial charge in [-0.05, 0) is 29.7 Å². The molecule has 0 unspecified atom stereocenters. The number of rotatable bonds is 7. The smallest absolute Gasteiger partial charge is 0.387 e. The van der Waals surface area contributed by atoms with Crippen molar-refractivity contribution in [1.82, 2.24) is 10.6 Å². The molecule has 2 aromatic rings. The highest BCUT2D eigenvalue weighted by Gasteiger charge is 2.04. The lowest BCUT2D eigenvalue weighted by atomic mass is 10.1. The first-order chi connectivity index (χ1) is 11.1. The first-order valence-electron chi connectivity index (χ1n) is 7.23. The van der Waals surface area contributed by atoms with E-state index in [9.17, 15) is 13.6 Å². The lowest BCUT2D eigenvalue weighted by molar-refractivity contribution is -0.0498. The second kappa shape index (κ2) is 8.73. The van der Waals surface area contributed by atoms with E-state index in [4.69, 9.17) is 0 Å². The van der Waals surface area contributed by atoms with Crippen molar-refractivity contribution >= 4 is 6.03 Å². The molecule has 0 saturated heterocycles. The highest BCUT2D eigenvalue weighted by Crippen LogP contribution is 2.14. The topological polar surface area (TPSA) is 50.4 Å². The maximum absolute atomic E-state index is 12.0. The number of carbonyl (C=O) groups excluding carboxylic acids is 1. The standard InChI is InChI=1S/C17H18F2N2O2/c18-16(19)23-15-8-6-13(7-9-15)10-11-20-17(22)21-12-14-4-2-1-3-5-14/h1-9,16H,10-12H2,(H2,20,21,22). The molecule has 0 aromatic heterocycles. The van der Waals surface area contributed by atoms with E-state index >= 15 is 0 Å². The number of amides is 2. The van der Waals surface area contributed by atoms with Gasteiger partial charge in [0.25, 0.3) is 0 Å². The van der Waals surface area contributed by atoms with Crippen molar-refractivity contribution in [1.29, 1.82) is 0 Å². The predicted molar refractivity (Wildman–Crippen MR) is 83.5 cm³/mol. The van der Waals surface area contributed by atoms with E-state index in [1.807, 2.05) is 30.3 Å². The molecule has 0 aliphatic heterocycles. The molecule has 0 radical (unpaired) electrons. The Bertz CT molecular complexity index is 604. The zero-order valence-corrected chi connectivity index (χ0v) is 12.5. The molecule has 2 N–H and O–H groups in total. The van der Waals surface area contributed by atoms with E-state index in [0.29, 0.717) is 19.5 Å². The molecule has 0 fully saturated rings. The monoisotopic (exact) mass is 320 g/mol. The van der Waals surface area contributed by atoms with Crippen molar-refractivity contribution in [2.75, 3.05) is 6.54 Å². The highest BCUT2D eigenvalue weighted by molar-refractivity contribution is 5.73. The summed E-state index contributed by atoms with van der Waals surface area (Å²) in [5.74, 6) is 0.123. The van der Waals surface area contributed by atoms with Gasteiger partial charge in [-0.15, -0.1) is 0 Å². The van der Waals surface area contributed by atoms with Crippen LogP contribution in [0.2, 0.25) is 0 Å². The number of halogens is 2. The van der Waals surface area contributed by atoms with Gasteiger partial charge in [-0.1, -0.05) is 42.5 Å². The van der Waals surface area contributed by atoms with Crippen LogP contribution in [-0.4, -0.2) is 19.2 Å². The Hall–Kier alpha value is -2.63. The molecule has 122 valence electrons. The van der Waals surface area contributed by atoms with E-state index in [0.717, 1.165) is 11.1 Å². The van der Waals surface area contributed by atoms with Gasteiger partial charge in [-0.25, -0.2) is 4.79 Å². The van der Waals surface area contributed by atoms with Crippen molar-refractivity contribution in [2.24, 2.45) is 0 Å². The number of urea groups is 1. The number of carbonyl (C=O) groups is 1. The predicted octanol–water partition coefficient (Wildman–Crippen LogP) is 3.33. The molecule has 0 spiro atoms. The second-order valence-electron chi connectivity index (χ2n) is 4.87. The molecule has 0 aliphatic carbocycles. The Balaban J connectivity index is 1.67. The molecule has 0 heterocycles. The SMILES string of the molecule is O=C(NCCc1ccc(OC(F)F)cc1)NCc1ccccc1. The Labute approximate surface area is 133 Å². The van der Waals surface area contributed by atoms with Crippen LogP contribution in [0.5, 0.6) is 5.75 Å². The van der Waals surface area contributed by atoms with Crippen LogP contribution in [0.25, 0.3) is 0 Å². The van der Waals surface area contributed by atoms with Gasteiger partial charge in [-0.2, -0.15) is 8.78 Å². The molecular weight excluding hydrogens is 302 g/mol. The van der Waals surface area contributed by atoms with Crippen LogP contribution >= 0.6 is 0 Å². The third kappa shape index (κ3) is 6.34. The number of hydrogen-bond donors (Lipinski definition) is 2. The van der Waals surface area contributed by atoms with Crippen LogP contribution in [0, 0.1) is 0 Å². The summed E-state index contributed by atoms with van der Waals surface area (Å²) < 4.78 is 28.3. The van der Waals surface area contributed by atoms with Crippen LogP contribution in [-0.2, 0) is 13.0 Å². The van der Waals surface area contributed by atoms with E-state index in [2.05, 4.69) is 15.4 Å². The van der Waals surface area contributed by atoms with Crippen molar-refractivity contribution in [3.63, 3.8) is 0 Å². The van der Waals surface area contributed by atoms with Crippen molar-refractivity contribution in [3.05, 3.63) is 65.7 Å². The first kappa shape index (κ1) is 16.7. The summed E-state index contributed by atoms with van der Waals surface area (Å²) in [6, 6.07) is 15.7. The summed E-state index contributed by atoms with van der Waals surface area (Å²) in [4.78, 5) is 11.7. The molecule has 2 amide bonds. The van der Waals surface area contributed by atoms with Crippen LogP contribution in [0.15, 0.2) is 54.6 Å². The van der Waals surface area contributed by atoms with Gasteiger partial charge in [0.2, 0.25) is 0 Å². The van der Waals surface area contributed by atoms with Gasteiger partial charge in [0, 0.05) is 13.1 Å². The van der Waals surface area contributed by atoms with Gasteiger partial charge < -0.3 is 15.4 Å². The summed E-state index contributed by atoms with van der Waals surface area (Å²) in [5.41, 5.74) is 1.95. The van der Waals surface area contributed by atoms with E-state index in [-0.39, 0.29) is 11.8 Å². The van der Waals surface area contributed by atoms with Crippen LogP contribution in [0.4, 0.5) is 13.6 Å². The summed E-state index contributed by atoms with van der Waals surface area (Å²) in [6.45, 7) is -1.90.